The van der Waals surface area contributed by atoms with Gasteiger partial charge in [0.15, 0.2) is 0 Å². The Labute approximate surface area is 100 Å². The highest BCUT2D eigenvalue weighted by molar-refractivity contribution is 5.65. The molecule has 100 valence electrons. The van der Waals surface area contributed by atoms with Crippen LogP contribution >= 0.6 is 0 Å². The Morgan fingerprint density at radius 3 is 1.06 bits per heavy atom. The Bertz CT molecular complexity index is 106. The molecule has 0 saturated heterocycles. The van der Waals surface area contributed by atoms with Crippen LogP contribution in [0.15, 0.2) is 0 Å². The fourth-order valence-corrected chi connectivity index (χ4v) is 0.612. The van der Waals surface area contributed by atoms with Crippen molar-refractivity contribution in [3.63, 3.8) is 0 Å². The lowest BCUT2D eigenvalue weighted by atomic mass is 10.8. The van der Waals surface area contributed by atoms with Gasteiger partial charge in [-0.05, 0) is 34.6 Å². The van der Waals surface area contributed by atoms with E-state index in [-0.39, 0.29) is 5.97 Å². The molecule has 0 aliphatic carbocycles. The summed E-state index contributed by atoms with van der Waals surface area (Å²) >= 11 is 0. The minimum atomic E-state index is -0.211. The number of esters is 1. The summed E-state index contributed by atoms with van der Waals surface area (Å²) in [5, 5.41) is 0. The van der Waals surface area contributed by atoms with Gasteiger partial charge in [0.05, 0.1) is 6.61 Å². The van der Waals surface area contributed by atoms with Crippen LogP contribution in [0.4, 0.5) is 0 Å². The average molecular weight is 236 g/mol. The quantitative estimate of drug-likeness (QED) is 0.688. The summed E-state index contributed by atoms with van der Waals surface area (Å²) in [7, 11) is 0. The summed E-state index contributed by atoms with van der Waals surface area (Å²) in [5.74, 6) is -0.211. The number of carbonyl (C=O) groups is 1. The highest BCUT2D eigenvalue weighted by Crippen LogP contribution is 1.69. The third kappa shape index (κ3) is 50.3. The van der Waals surface area contributed by atoms with Crippen LogP contribution in [0.2, 0.25) is 0 Å². The molecule has 0 amide bonds. The molecule has 16 heavy (non-hydrogen) atoms. The molecular weight excluding hydrogens is 208 g/mol. The minimum Gasteiger partial charge on any atom is -0.466 e. The van der Waals surface area contributed by atoms with Gasteiger partial charge in [-0.2, -0.15) is 0 Å². The van der Waals surface area contributed by atoms with Gasteiger partial charge in [-0.25, -0.2) is 0 Å². The molecule has 0 rings (SSSR count). The first-order valence-corrected chi connectivity index (χ1v) is 5.89. The van der Waals surface area contributed by atoms with Crippen molar-refractivity contribution in [3.05, 3.63) is 0 Å². The van der Waals surface area contributed by atoms with Gasteiger partial charge < -0.3 is 14.2 Å². The SMILES string of the molecule is CCOC(C)=O.CCOCC.CCOCC. The fraction of sp³-hybridized carbons (Fsp3) is 0.917. The van der Waals surface area contributed by atoms with E-state index >= 15 is 0 Å². The van der Waals surface area contributed by atoms with E-state index in [0.29, 0.717) is 6.61 Å². The molecular formula is C12H28O4. The number of ether oxygens (including phenoxy) is 3. The maximum absolute atomic E-state index is 9.82. The standard InChI is InChI=1S/C4H8O2.2C4H10O/c1-3-6-4(2)5;2*1-3-5-4-2/h3H2,1-2H3;2*3-4H2,1-2H3. The van der Waals surface area contributed by atoms with Crippen LogP contribution < -0.4 is 0 Å². The number of rotatable bonds is 5. The van der Waals surface area contributed by atoms with Gasteiger partial charge in [-0.3, -0.25) is 4.79 Å². The second-order valence-electron chi connectivity index (χ2n) is 2.49. The first kappa shape index (κ1) is 20.8. The Morgan fingerprint density at radius 2 is 1.06 bits per heavy atom. The summed E-state index contributed by atoms with van der Waals surface area (Å²) in [5.41, 5.74) is 0. The molecule has 0 aromatic heterocycles. The van der Waals surface area contributed by atoms with Crippen LogP contribution in [0.5, 0.6) is 0 Å². The third-order valence-electron chi connectivity index (χ3n) is 1.16. The number of carbonyl (C=O) groups excluding carboxylic acids is 1. The van der Waals surface area contributed by atoms with Gasteiger partial charge in [0.1, 0.15) is 0 Å². The van der Waals surface area contributed by atoms with Crippen molar-refractivity contribution >= 4 is 5.97 Å². The minimum absolute atomic E-state index is 0.211. The lowest BCUT2D eigenvalue weighted by molar-refractivity contribution is -0.140. The zero-order chi connectivity index (χ0) is 13.2. The van der Waals surface area contributed by atoms with Gasteiger partial charge in [0.25, 0.3) is 0 Å². The molecule has 0 atom stereocenters. The van der Waals surface area contributed by atoms with Gasteiger partial charge in [-0.1, -0.05) is 0 Å². The normalized spacial score (nSPS) is 8.12. The van der Waals surface area contributed by atoms with E-state index in [1.54, 1.807) is 6.92 Å². The van der Waals surface area contributed by atoms with E-state index in [0.717, 1.165) is 26.4 Å². The van der Waals surface area contributed by atoms with E-state index in [4.69, 9.17) is 9.47 Å². The van der Waals surface area contributed by atoms with Crippen LogP contribution in [-0.2, 0) is 19.0 Å². The highest BCUT2D eigenvalue weighted by Gasteiger charge is 1.81. The molecule has 0 aromatic rings. The molecule has 0 radical (unpaired) electrons. The van der Waals surface area contributed by atoms with E-state index < -0.39 is 0 Å². The summed E-state index contributed by atoms with van der Waals surface area (Å²) in [6, 6.07) is 0. The van der Waals surface area contributed by atoms with Crippen molar-refractivity contribution in [3.8, 4) is 0 Å². The maximum atomic E-state index is 9.82. The molecule has 0 spiro atoms. The largest absolute Gasteiger partial charge is 0.466 e. The molecule has 0 saturated carbocycles. The molecule has 0 aromatic carbocycles. The van der Waals surface area contributed by atoms with Crippen LogP contribution in [-0.4, -0.2) is 39.0 Å². The van der Waals surface area contributed by atoms with Gasteiger partial charge in [0.2, 0.25) is 0 Å². The van der Waals surface area contributed by atoms with E-state index in [1.165, 1.54) is 6.92 Å². The zero-order valence-corrected chi connectivity index (χ0v) is 11.7. The van der Waals surface area contributed by atoms with Crippen LogP contribution in [0, 0.1) is 0 Å². The summed E-state index contributed by atoms with van der Waals surface area (Å²) in [6.07, 6.45) is 0. The molecule has 0 heterocycles. The molecule has 0 fully saturated rings. The zero-order valence-electron chi connectivity index (χ0n) is 11.7. The maximum Gasteiger partial charge on any atom is 0.302 e. The van der Waals surface area contributed by atoms with Gasteiger partial charge in [0, 0.05) is 33.4 Å². The van der Waals surface area contributed by atoms with E-state index in [9.17, 15) is 4.79 Å². The van der Waals surface area contributed by atoms with Crippen molar-refractivity contribution in [1.29, 1.82) is 0 Å². The van der Waals surface area contributed by atoms with Crippen molar-refractivity contribution in [2.24, 2.45) is 0 Å². The summed E-state index contributed by atoms with van der Waals surface area (Å²) < 4.78 is 14.1. The van der Waals surface area contributed by atoms with Crippen LogP contribution in [0.1, 0.15) is 41.5 Å². The smallest absolute Gasteiger partial charge is 0.302 e. The number of hydrogen-bond acceptors (Lipinski definition) is 4. The summed E-state index contributed by atoms with van der Waals surface area (Å²) in [6.45, 7) is 15.0. The molecule has 0 aliphatic heterocycles. The predicted octanol–water partition coefficient (Wildman–Crippen LogP) is 2.66. The van der Waals surface area contributed by atoms with Gasteiger partial charge in [-0.15, -0.1) is 0 Å². The first-order chi connectivity index (χ1) is 7.60. The third-order valence-corrected chi connectivity index (χ3v) is 1.16. The van der Waals surface area contributed by atoms with Crippen molar-refractivity contribution in [1.82, 2.24) is 0 Å². The van der Waals surface area contributed by atoms with Crippen molar-refractivity contribution in [2.75, 3.05) is 33.0 Å². The Kier molecular flexibility index (Phi) is 31.0. The average Bonchev–Trinajstić information content (AvgIpc) is 2.21. The van der Waals surface area contributed by atoms with E-state index in [1.807, 2.05) is 27.7 Å². The van der Waals surface area contributed by atoms with Crippen LogP contribution in [0.25, 0.3) is 0 Å². The number of hydrogen-bond donors (Lipinski definition) is 0. The Hall–Kier alpha value is -0.610. The first-order valence-electron chi connectivity index (χ1n) is 5.89. The van der Waals surface area contributed by atoms with Crippen molar-refractivity contribution < 1.29 is 19.0 Å². The Morgan fingerprint density at radius 1 is 0.750 bits per heavy atom. The topological polar surface area (TPSA) is 44.8 Å². The molecule has 4 heteroatoms. The summed E-state index contributed by atoms with van der Waals surface area (Å²) in [4.78, 5) is 9.82. The van der Waals surface area contributed by atoms with Crippen molar-refractivity contribution in [2.45, 2.75) is 41.5 Å². The Balaban J connectivity index is -0.000000160. The molecule has 0 N–H and O–H groups in total. The highest BCUT2D eigenvalue weighted by atomic mass is 16.5. The molecule has 0 bridgehead atoms. The second-order valence-corrected chi connectivity index (χ2v) is 2.49. The molecule has 0 unspecified atom stereocenters. The second kappa shape index (κ2) is 23.9. The van der Waals surface area contributed by atoms with E-state index in [2.05, 4.69) is 4.74 Å². The van der Waals surface area contributed by atoms with Gasteiger partial charge >= 0.3 is 5.97 Å². The monoisotopic (exact) mass is 236 g/mol. The van der Waals surface area contributed by atoms with Crippen LogP contribution in [0.3, 0.4) is 0 Å². The molecule has 4 nitrogen and oxygen atoms in total. The fourth-order valence-electron chi connectivity index (χ4n) is 0.612. The lowest BCUT2D eigenvalue weighted by Crippen LogP contribution is -1.95. The molecule has 0 aliphatic rings. The lowest BCUT2D eigenvalue weighted by Gasteiger charge is -1.89. The predicted molar refractivity (Wildman–Crippen MR) is 66.6 cm³/mol.